The van der Waals surface area contributed by atoms with Gasteiger partial charge in [-0.25, -0.2) is 0 Å². The van der Waals surface area contributed by atoms with Gasteiger partial charge in [-0.15, -0.1) is 0 Å². The lowest BCUT2D eigenvalue weighted by atomic mass is 10.1. The van der Waals surface area contributed by atoms with Crippen molar-refractivity contribution in [2.24, 2.45) is 0 Å². The van der Waals surface area contributed by atoms with Crippen LogP contribution in [-0.4, -0.2) is 24.2 Å². The van der Waals surface area contributed by atoms with E-state index in [0.717, 1.165) is 34.8 Å². The highest BCUT2D eigenvalue weighted by molar-refractivity contribution is 9.10. The normalized spacial score (nSPS) is 17.0. The molecule has 2 aliphatic rings. The molecule has 1 aliphatic heterocycles. The van der Waals surface area contributed by atoms with Crippen molar-refractivity contribution in [3.8, 4) is 11.5 Å². The summed E-state index contributed by atoms with van der Waals surface area (Å²) in [6.45, 7) is 2.96. The minimum atomic E-state index is 0.617. The standard InChI is InChI=1S/C17H18BrNO3/c18-15-9-17-16(21-6-7-22-17)8-12(15)10-19(13-3-4-13)11-14-2-1-5-20-14/h1-2,5,8-9,13H,3-4,6-7,10-11H2. The zero-order valence-corrected chi connectivity index (χ0v) is 13.8. The Morgan fingerprint density at radius 1 is 1.09 bits per heavy atom. The van der Waals surface area contributed by atoms with Crippen molar-refractivity contribution < 1.29 is 13.9 Å². The van der Waals surface area contributed by atoms with E-state index in [-0.39, 0.29) is 0 Å². The molecule has 1 aromatic heterocycles. The van der Waals surface area contributed by atoms with E-state index < -0.39 is 0 Å². The minimum Gasteiger partial charge on any atom is -0.486 e. The van der Waals surface area contributed by atoms with Crippen LogP contribution < -0.4 is 9.47 Å². The number of nitrogens with zero attached hydrogens (tertiary/aromatic N) is 1. The van der Waals surface area contributed by atoms with Gasteiger partial charge in [0.05, 0.1) is 12.8 Å². The Labute approximate surface area is 138 Å². The van der Waals surface area contributed by atoms with Crippen LogP contribution in [0, 0.1) is 0 Å². The summed E-state index contributed by atoms with van der Waals surface area (Å²) >= 11 is 3.67. The zero-order valence-electron chi connectivity index (χ0n) is 12.3. The Morgan fingerprint density at radius 2 is 1.86 bits per heavy atom. The van der Waals surface area contributed by atoms with E-state index >= 15 is 0 Å². The van der Waals surface area contributed by atoms with Crippen molar-refractivity contribution in [2.45, 2.75) is 32.0 Å². The number of fused-ring (bicyclic) bond motifs is 1. The van der Waals surface area contributed by atoms with E-state index in [2.05, 4.69) is 26.9 Å². The molecule has 116 valence electrons. The number of furan rings is 1. The number of halogens is 1. The number of rotatable bonds is 5. The first-order valence-corrected chi connectivity index (χ1v) is 8.43. The highest BCUT2D eigenvalue weighted by Gasteiger charge is 2.30. The molecule has 4 rings (SSSR count). The third-order valence-electron chi connectivity index (χ3n) is 4.09. The van der Waals surface area contributed by atoms with Crippen molar-refractivity contribution >= 4 is 15.9 Å². The summed E-state index contributed by atoms with van der Waals surface area (Å²) < 4.78 is 17.9. The van der Waals surface area contributed by atoms with Crippen molar-refractivity contribution in [1.29, 1.82) is 0 Å². The maximum Gasteiger partial charge on any atom is 0.162 e. The molecule has 1 aliphatic carbocycles. The van der Waals surface area contributed by atoms with E-state index in [9.17, 15) is 0 Å². The Balaban J connectivity index is 1.55. The van der Waals surface area contributed by atoms with Crippen LogP contribution in [0.4, 0.5) is 0 Å². The predicted octanol–water partition coefficient (Wildman–Crippen LogP) is 3.98. The second kappa shape index (κ2) is 5.97. The van der Waals surface area contributed by atoms with Gasteiger partial charge in [0.15, 0.2) is 11.5 Å². The predicted molar refractivity (Wildman–Crippen MR) is 86.1 cm³/mol. The zero-order chi connectivity index (χ0) is 14.9. The molecule has 5 heteroatoms. The van der Waals surface area contributed by atoms with Crippen molar-refractivity contribution in [2.75, 3.05) is 13.2 Å². The van der Waals surface area contributed by atoms with Gasteiger partial charge in [0.2, 0.25) is 0 Å². The minimum absolute atomic E-state index is 0.617. The molecule has 0 bridgehead atoms. The lowest BCUT2D eigenvalue weighted by Gasteiger charge is -2.24. The molecule has 0 spiro atoms. The van der Waals surface area contributed by atoms with Gasteiger partial charge in [0.25, 0.3) is 0 Å². The van der Waals surface area contributed by atoms with Crippen LogP contribution in [0.5, 0.6) is 11.5 Å². The average molecular weight is 364 g/mol. The number of ether oxygens (including phenoxy) is 2. The Bertz CT molecular complexity index is 652. The quantitative estimate of drug-likeness (QED) is 0.804. The van der Waals surface area contributed by atoms with Gasteiger partial charge in [-0.05, 0) is 42.7 Å². The molecule has 0 saturated heterocycles. The number of hydrogen-bond acceptors (Lipinski definition) is 4. The summed E-state index contributed by atoms with van der Waals surface area (Å²) in [5.74, 6) is 2.68. The maximum atomic E-state index is 5.70. The Hall–Kier alpha value is -1.46. The molecular formula is C17H18BrNO3. The van der Waals surface area contributed by atoms with Gasteiger partial charge >= 0.3 is 0 Å². The molecule has 2 aromatic rings. The van der Waals surface area contributed by atoms with Crippen molar-refractivity contribution in [3.05, 3.63) is 46.3 Å². The van der Waals surface area contributed by atoms with E-state index in [4.69, 9.17) is 13.9 Å². The van der Waals surface area contributed by atoms with Gasteiger partial charge in [0, 0.05) is 17.1 Å². The van der Waals surface area contributed by atoms with Crippen LogP contribution in [-0.2, 0) is 13.1 Å². The monoisotopic (exact) mass is 363 g/mol. The Morgan fingerprint density at radius 3 is 2.55 bits per heavy atom. The van der Waals surface area contributed by atoms with Crippen LogP contribution in [0.2, 0.25) is 0 Å². The third-order valence-corrected chi connectivity index (χ3v) is 4.83. The summed E-state index contributed by atoms with van der Waals surface area (Å²) in [7, 11) is 0. The highest BCUT2D eigenvalue weighted by Crippen LogP contribution is 2.37. The van der Waals surface area contributed by atoms with Gasteiger partial charge in [0.1, 0.15) is 19.0 Å². The van der Waals surface area contributed by atoms with Gasteiger partial charge in [-0.2, -0.15) is 0 Å². The molecule has 0 atom stereocenters. The molecule has 1 aromatic carbocycles. The van der Waals surface area contributed by atoms with Crippen LogP contribution >= 0.6 is 15.9 Å². The lowest BCUT2D eigenvalue weighted by Crippen LogP contribution is -2.25. The second-order valence-electron chi connectivity index (χ2n) is 5.80. The molecule has 0 amide bonds. The molecule has 22 heavy (non-hydrogen) atoms. The SMILES string of the molecule is Brc1cc2c(cc1CN(Cc1ccco1)C1CC1)OCCO2. The molecule has 0 unspecified atom stereocenters. The Kier molecular flexibility index (Phi) is 3.84. The first-order valence-electron chi connectivity index (χ1n) is 7.64. The van der Waals surface area contributed by atoms with E-state index in [1.165, 1.54) is 18.4 Å². The smallest absolute Gasteiger partial charge is 0.162 e. The topological polar surface area (TPSA) is 34.8 Å². The van der Waals surface area contributed by atoms with E-state index in [1.807, 2.05) is 18.2 Å². The van der Waals surface area contributed by atoms with Gasteiger partial charge in [-0.1, -0.05) is 15.9 Å². The lowest BCUT2D eigenvalue weighted by molar-refractivity contribution is 0.170. The van der Waals surface area contributed by atoms with Crippen LogP contribution in [0.1, 0.15) is 24.2 Å². The summed E-state index contributed by atoms with van der Waals surface area (Å²) in [5.41, 5.74) is 1.22. The van der Waals surface area contributed by atoms with Crippen LogP contribution in [0.3, 0.4) is 0 Å². The van der Waals surface area contributed by atoms with Crippen molar-refractivity contribution in [1.82, 2.24) is 4.90 Å². The molecular weight excluding hydrogens is 346 g/mol. The molecule has 0 N–H and O–H groups in total. The number of benzene rings is 1. The average Bonchev–Trinajstić information content (AvgIpc) is 3.25. The first kappa shape index (κ1) is 14.2. The van der Waals surface area contributed by atoms with E-state index in [0.29, 0.717) is 19.3 Å². The summed E-state index contributed by atoms with van der Waals surface area (Å²) in [6, 6.07) is 8.75. The van der Waals surface area contributed by atoms with E-state index in [1.54, 1.807) is 6.26 Å². The molecule has 4 nitrogen and oxygen atoms in total. The van der Waals surface area contributed by atoms with Gasteiger partial charge in [-0.3, -0.25) is 4.90 Å². The third kappa shape index (κ3) is 3.01. The van der Waals surface area contributed by atoms with Crippen LogP contribution in [0.15, 0.2) is 39.4 Å². The largest absolute Gasteiger partial charge is 0.486 e. The molecule has 0 radical (unpaired) electrons. The highest BCUT2D eigenvalue weighted by atomic mass is 79.9. The first-order chi connectivity index (χ1) is 10.8. The second-order valence-corrected chi connectivity index (χ2v) is 6.66. The summed E-state index contributed by atoms with van der Waals surface area (Å²) in [5, 5.41) is 0. The maximum absolute atomic E-state index is 5.70. The molecule has 2 heterocycles. The van der Waals surface area contributed by atoms with Gasteiger partial charge < -0.3 is 13.9 Å². The van der Waals surface area contributed by atoms with Crippen molar-refractivity contribution in [3.63, 3.8) is 0 Å². The van der Waals surface area contributed by atoms with Crippen LogP contribution in [0.25, 0.3) is 0 Å². The summed E-state index contributed by atoms with van der Waals surface area (Å²) in [4.78, 5) is 2.47. The fourth-order valence-corrected chi connectivity index (χ4v) is 3.25. The number of hydrogen-bond donors (Lipinski definition) is 0. The molecule has 1 fully saturated rings. The fraction of sp³-hybridized carbons (Fsp3) is 0.412. The fourth-order valence-electron chi connectivity index (χ4n) is 2.80. The molecule has 1 saturated carbocycles. The summed E-state index contributed by atoms with van der Waals surface area (Å²) in [6.07, 6.45) is 4.27.